The molecule has 0 unspecified atom stereocenters. The minimum atomic E-state index is 0.637. The van der Waals surface area contributed by atoms with E-state index in [9.17, 15) is 5.26 Å². The van der Waals surface area contributed by atoms with Crippen LogP contribution in [0.25, 0.3) is 111 Å². The zero-order valence-electron chi connectivity index (χ0n) is 34.6. The molecule has 3 aromatic heterocycles. The van der Waals surface area contributed by atoms with Gasteiger partial charge in [0.05, 0.1) is 56.5 Å². The number of para-hydroxylation sites is 4. The summed E-state index contributed by atoms with van der Waals surface area (Å²) in [5.74, 6) is 0.637. The Morgan fingerprint density at radius 1 is 0.344 bits per heavy atom. The van der Waals surface area contributed by atoms with Crippen LogP contribution in [0.5, 0.6) is 0 Å². The highest BCUT2D eigenvalue weighted by Gasteiger charge is 2.25. The third kappa shape index (κ3) is 6.08. The summed E-state index contributed by atoms with van der Waals surface area (Å²) in [5.41, 5.74) is 16.0. The first-order valence-electron chi connectivity index (χ1n) is 21.5. The first-order valence-corrected chi connectivity index (χ1v) is 21.5. The molecule has 12 rings (SSSR count). The van der Waals surface area contributed by atoms with E-state index < -0.39 is 0 Å². The molecule has 0 saturated carbocycles. The van der Waals surface area contributed by atoms with Crippen LogP contribution in [0.2, 0.25) is 0 Å². The Kier molecular flexibility index (Phi) is 8.81. The molecule has 298 valence electrons. The lowest BCUT2D eigenvalue weighted by molar-refractivity contribution is 1.15. The van der Waals surface area contributed by atoms with E-state index in [1.807, 2.05) is 36.4 Å². The van der Waals surface area contributed by atoms with Crippen molar-refractivity contribution in [1.29, 1.82) is 5.26 Å². The standard InChI is InChI=1S/C59H37N5/c60-38-39-30-32-40(33-31-39)43-34-35-56-49(36-43)46-22-9-13-27-54(46)64(56)57-29-15-24-48(59-61-50(41-16-3-1-4-17-41)37-51(62-59)42-18-5-2-6-19-42)58(57)47-23-10-14-28-55(47)63-52-25-11-7-20-44(52)45-21-8-12-26-53(45)63/h1-37H. The number of hydrogen-bond acceptors (Lipinski definition) is 3. The predicted octanol–water partition coefficient (Wildman–Crippen LogP) is 14.9. The summed E-state index contributed by atoms with van der Waals surface area (Å²) in [4.78, 5) is 10.9. The summed E-state index contributed by atoms with van der Waals surface area (Å²) in [6, 6.07) is 81.0. The van der Waals surface area contributed by atoms with Crippen molar-refractivity contribution in [3.8, 4) is 73.6 Å². The lowest BCUT2D eigenvalue weighted by atomic mass is 9.94. The van der Waals surface area contributed by atoms with E-state index in [4.69, 9.17) is 9.97 Å². The van der Waals surface area contributed by atoms with Crippen LogP contribution in [0.4, 0.5) is 0 Å². The maximum Gasteiger partial charge on any atom is 0.161 e. The van der Waals surface area contributed by atoms with Crippen molar-refractivity contribution < 1.29 is 0 Å². The summed E-state index contributed by atoms with van der Waals surface area (Å²) < 4.78 is 4.82. The van der Waals surface area contributed by atoms with Crippen molar-refractivity contribution in [1.82, 2.24) is 19.1 Å². The molecule has 0 bridgehead atoms. The normalized spacial score (nSPS) is 11.4. The largest absolute Gasteiger partial charge is 0.309 e. The summed E-state index contributed by atoms with van der Waals surface area (Å²) in [7, 11) is 0. The van der Waals surface area contributed by atoms with Crippen LogP contribution in [0.3, 0.4) is 0 Å². The Morgan fingerprint density at radius 3 is 1.42 bits per heavy atom. The molecular weight excluding hydrogens is 779 g/mol. The van der Waals surface area contributed by atoms with Gasteiger partial charge in [-0.05, 0) is 71.8 Å². The zero-order chi connectivity index (χ0) is 42.6. The Bertz CT molecular complexity index is 3670. The van der Waals surface area contributed by atoms with Crippen LogP contribution in [-0.2, 0) is 0 Å². The van der Waals surface area contributed by atoms with E-state index in [2.05, 4.69) is 203 Å². The van der Waals surface area contributed by atoms with E-state index in [-0.39, 0.29) is 0 Å². The highest BCUT2D eigenvalue weighted by atomic mass is 15.0. The zero-order valence-corrected chi connectivity index (χ0v) is 34.6. The number of rotatable bonds is 7. The van der Waals surface area contributed by atoms with Gasteiger partial charge < -0.3 is 9.13 Å². The van der Waals surface area contributed by atoms with Gasteiger partial charge in [0.25, 0.3) is 0 Å². The third-order valence-corrected chi connectivity index (χ3v) is 12.4. The molecule has 12 aromatic rings. The molecule has 64 heavy (non-hydrogen) atoms. The minimum Gasteiger partial charge on any atom is -0.309 e. The van der Waals surface area contributed by atoms with Gasteiger partial charge in [0.1, 0.15) is 0 Å². The molecule has 5 heteroatoms. The average Bonchev–Trinajstić information content (AvgIpc) is 3.89. The van der Waals surface area contributed by atoms with Crippen molar-refractivity contribution in [2.75, 3.05) is 0 Å². The first-order chi connectivity index (χ1) is 31.7. The van der Waals surface area contributed by atoms with Gasteiger partial charge in [-0.15, -0.1) is 0 Å². The Hall–Kier alpha value is -8.85. The molecule has 0 amide bonds. The van der Waals surface area contributed by atoms with Crippen LogP contribution in [-0.4, -0.2) is 19.1 Å². The van der Waals surface area contributed by atoms with E-state index in [1.165, 1.54) is 10.8 Å². The topological polar surface area (TPSA) is 59.4 Å². The smallest absolute Gasteiger partial charge is 0.161 e. The van der Waals surface area contributed by atoms with Crippen molar-refractivity contribution in [2.45, 2.75) is 0 Å². The molecule has 0 radical (unpaired) electrons. The summed E-state index contributed by atoms with van der Waals surface area (Å²) in [5, 5.41) is 14.2. The van der Waals surface area contributed by atoms with Gasteiger partial charge in [-0.3, -0.25) is 0 Å². The third-order valence-electron chi connectivity index (χ3n) is 12.4. The van der Waals surface area contributed by atoms with Crippen LogP contribution in [0, 0.1) is 11.3 Å². The van der Waals surface area contributed by atoms with Gasteiger partial charge in [-0.1, -0.05) is 164 Å². The maximum atomic E-state index is 9.50. The lowest BCUT2D eigenvalue weighted by Crippen LogP contribution is -2.04. The monoisotopic (exact) mass is 815 g/mol. The van der Waals surface area contributed by atoms with Crippen LogP contribution >= 0.6 is 0 Å². The predicted molar refractivity (Wildman–Crippen MR) is 263 cm³/mol. The second kappa shape index (κ2) is 15.3. The molecule has 9 aromatic carbocycles. The van der Waals surface area contributed by atoms with Gasteiger partial charge in [0.15, 0.2) is 5.82 Å². The Balaban J connectivity index is 1.19. The molecule has 0 saturated heterocycles. The van der Waals surface area contributed by atoms with E-state index >= 15 is 0 Å². The minimum absolute atomic E-state index is 0.637. The molecule has 0 aliphatic carbocycles. The van der Waals surface area contributed by atoms with Gasteiger partial charge in [0, 0.05) is 49.4 Å². The van der Waals surface area contributed by atoms with E-state index in [0.29, 0.717) is 11.4 Å². The Labute approximate surface area is 370 Å². The molecule has 0 aliphatic rings. The molecule has 5 nitrogen and oxygen atoms in total. The second-order valence-corrected chi connectivity index (χ2v) is 16.1. The molecule has 0 atom stereocenters. The molecule has 0 aliphatic heterocycles. The number of benzene rings is 9. The molecule has 3 heterocycles. The average molecular weight is 816 g/mol. The molecule has 0 spiro atoms. The van der Waals surface area contributed by atoms with Gasteiger partial charge in [0.2, 0.25) is 0 Å². The van der Waals surface area contributed by atoms with Crippen LogP contribution in [0.1, 0.15) is 5.56 Å². The number of nitriles is 1. The fourth-order valence-electron chi connectivity index (χ4n) is 9.49. The first kappa shape index (κ1) is 37.0. The molecule has 0 fully saturated rings. The van der Waals surface area contributed by atoms with Crippen molar-refractivity contribution in [3.63, 3.8) is 0 Å². The van der Waals surface area contributed by atoms with Crippen molar-refractivity contribution in [2.24, 2.45) is 0 Å². The highest BCUT2D eigenvalue weighted by molar-refractivity contribution is 6.12. The summed E-state index contributed by atoms with van der Waals surface area (Å²) >= 11 is 0. The maximum absolute atomic E-state index is 9.50. The van der Waals surface area contributed by atoms with Gasteiger partial charge in [-0.25, -0.2) is 9.97 Å². The van der Waals surface area contributed by atoms with E-state index in [1.54, 1.807) is 0 Å². The summed E-state index contributed by atoms with van der Waals surface area (Å²) in [6.07, 6.45) is 0. The molecule has 0 N–H and O–H groups in total. The SMILES string of the molecule is N#Cc1ccc(-c2ccc3c(c2)c2ccccc2n3-c2cccc(-c3nc(-c4ccccc4)cc(-c4ccccc4)n3)c2-c2ccccc2-n2c3ccccc3c3ccccc32)cc1. The highest BCUT2D eigenvalue weighted by Crippen LogP contribution is 2.45. The second-order valence-electron chi connectivity index (χ2n) is 16.1. The van der Waals surface area contributed by atoms with E-state index in [0.717, 1.165) is 94.5 Å². The fourth-order valence-corrected chi connectivity index (χ4v) is 9.49. The van der Waals surface area contributed by atoms with Gasteiger partial charge >= 0.3 is 0 Å². The van der Waals surface area contributed by atoms with Crippen LogP contribution < -0.4 is 0 Å². The number of aromatic nitrogens is 4. The number of nitrogens with zero attached hydrogens (tertiary/aromatic N) is 5. The number of hydrogen-bond donors (Lipinski definition) is 0. The molecular formula is C59H37N5. The fraction of sp³-hybridized carbons (Fsp3) is 0. The summed E-state index contributed by atoms with van der Waals surface area (Å²) in [6.45, 7) is 0. The Morgan fingerprint density at radius 2 is 0.812 bits per heavy atom. The lowest BCUT2D eigenvalue weighted by Gasteiger charge is -2.21. The van der Waals surface area contributed by atoms with Crippen LogP contribution in [0.15, 0.2) is 224 Å². The van der Waals surface area contributed by atoms with Crippen molar-refractivity contribution >= 4 is 43.6 Å². The quantitative estimate of drug-likeness (QED) is 0.161. The van der Waals surface area contributed by atoms with Gasteiger partial charge in [-0.2, -0.15) is 5.26 Å². The number of fused-ring (bicyclic) bond motifs is 6. The van der Waals surface area contributed by atoms with Crippen molar-refractivity contribution in [3.05, 3.63) is 230 Å².